The van der Waals surface area contributed by atoms with Crippen molar-refractivity contribution in [2.45, 2.75) is 12.5 Å². The largest absolute Gasteiger partial charge is 0.457 e. The Hall–Kier alpha value is -3.53. The van der Waals surface area contributed by atoms with Crippen molar-refractivity contribution in [3.05, 3.63) is 95.7 Å². The average Bonchev–Trinajstić information content (AvgIpc) is 3.11. The Morgan fingerprint density at radius 3 is 2.26 bits per heavy atom. The molecular formula is C23H18N2O2. The van der Waals surface area contributed by atoms with E-state index < -0.39 is 0 Å². The minimum Gasteiger partial charge on any atom is -0.457 e. The number of hydrogen-bond donors (Lipinski definition) is 2. The smallest absolute Gasteiger partial charge is 0.225 e. The van der Waals surface area contributed by atoms with Crippen LogP contribution in [0.15, 0.2) is 79.0 Å². The average molecular weight is 354 g/mol. The lowest BCUT2D eigenvalue weighted by atomic mass is 9.94. The van der Waals surface area contributed by atoms with Gasteiger partial charge in [0, 0.05) is 28.2 Å². The molecule has 4 heteroatoms. The fourth-order valence-electron chi connectivity index (χ4n) is 3.73. The van der Waals surface area contributed by atoms with Gasteiger partial charge in [0.15, 0.2) is 0 Å². The summed E-state index contributed by atoms with van der Waals surface area (Å²) in [6.07, 6.45) is 2.24. The Morgan fingerprint density at radius 2 is 1.52 bits per heavy atom. The van der Waals surface area contributed by atoms with Crippen LogP contribution in [0.4, 0.5) is 0 Å². The number of hydrogen-bond acceptors (Lipinski definition) is 2. The van der Waals surface area contributed by atoms with E-state index >= 15 is 0 Å². The van der Waals surface area contributed by atoms with Gasteiger partial charge in [-0.3, -0.25) is 4.79 Å². The number of para-hydroxylation sites is 3. The molecule has 132 valence electrons. The van der Waals surface area contributed by atoms with Crippen molar-refractivity contribution in [3.8, 4) is 11.5 Å². The molecule has 0 spiro atoms. The van der Waals surface area contributed by atoms with E-state index in [0.717, 1.165) is 39.1 Å². The number of ether oxygens (including phenoxy) is 1. The van der Waals surface area contributed by atoms with Crippen molar-refractivity contribution >= 4 is 16.8 Å². The van der Waals surface area contributed by atoms with Gasteiger partial charge in [0.25, 0.3) is 0 Å². The molecule has 2 N–H and O–H groups in total. The molecule has 0 saturated carbocycles. The molecule has 27 heavy (non-hydrogen) atoms. The lowest BCUT2D eigenvalue weighted by Gasteiger charge is -2.28. The summed E-state index contributed by atoms with van der Waals surface area (Å²) in [7, 11) is 0. The predicted octanol–water partition coefficient (Wildman–Crippen LogP) is 4.72. The molecule has 1 aliphatic heterocycles. The van der Waals surface area contributed by atoms with Gasteiger partial charge in [-0.25, -0.2) is 0 Å². The van der Waals surface area contributed by atoms with Gasteiger partial charge in [0.2, 0.25) is 5.91 Å². The Kier molecular flexibility index (Phi) is 3.68. The predicted molar refractivity (Wildman–Crippen MR) is 105 cm³/mol. The number of aromatic amines is 1. The number of carbonyl (C=O) groups is 1. The Morgan fingerprint density at radius 1 is 0.889 bits per heavy atom. The number of carbonyl (C=O) groups excluding carboxylic acids is 1. The summed E-state index contributed by atoms with van der Waals surface area (Å²) in [6.45, 7) is 0. The second kappa shape index (κ2) is 6.32. The molecule has 4 nitrogen and oxygen atoms in total. The summed E-state index contributed by atoms with van der Waals surface area (Å²) >= 11 is 0. The van der Waals surface area contributed by atoms with Gasteiger partial charge in [-0.15, -0.1) is 0 Å². The number of fused-ring (bicyclic) bond motifs is 3. The molecule has 1 aromatic heterocycles. The maximum absolute atomic E-state index is 12.9. The Balaban J connectivity index is 1.46. The zero-order valence-corrected chi connectivity index (χ0v) is 14.6. The number of amides is 1. The number of benzene rings is 3. The number of rotatable bonds is 3. The third-order valence-corrected chi connectivity index (χ3v) is 5.01. The molecule has 0 bridgehead atoms. The Labute approximate surface area is 156 Å². The second-order valence-corrected chi connectivity index (χ2v) is 6.71. The zero-order chi connectivity index (χ0) is 18.2. The molecule has 0 unspecified atom stereocenters. The van der Waals surface area contributed by atoms with Crippen LogP contribution >= 0.6 is 0 Å². The van der Waals surface area contributed by atoms with Crippen LogP contribution in [0, 0.1) is 0 Å². The first-order chi connectivity index (χ1) is 13.3. The van der Waals surface area contributed by atoms with Gasteiger partial charge in [0.1, 0.15) is 11.5 Å². The van der Waals surface area contributed by atoms with E-state index in [4.69, 9.17) is 4.74 Å². The van der Waals surface area contributed by atoms with Gasteiger partial charge in [-0.05, 0) is 23.8 Å². The molecule has 0 atom stereocenters. The van der Waals surface area contributed by atoms with Crippen LogP contribution in [0.3, 0.4) is 0 Å². The number of H-pyrrole nitrogens is 1. The van der Waals surface area contributed by atoms with E-state index in [1.807, 2.05) is 79.0 Å². The van der Waals surface area contributed by atoms with Gasteiger partial charge < -0.3 is 15.0 Å². The lowest BCUT2D eigenvalue weighted by molar-refractivity contribution is -0.120. The lowest BCUT2D eigenvalue weighted by Crippen LogP contribution is -2.32. The monoisotopic (exact) mass is 354 g/mol. The highest BCUT2D eigenvalue weighted by atomic mass is 16.5. The third kappa shape index (κ3) is 2.75. The van der Waals surface area contributed by atoms with Crippen molar-refractivity contribution in [1.29, 1.82) is 0 Å². The fourth-order valence-corrected chi connectivity index (χ4v) is 3.73. The molecule has 1 aliphatic rings. The third-order valence-electron chi connectivity index (χ3n) is 5.01. The molecular weight excluding hydrogens is 336 g/mol. The van der Waals surface area contributed by atoms with Gasteiger partial charge in [-0.1, -0.05) is 54.6 Å². The molecule has 1 amide bonds. The molecule has 0 saturated heterocycles. The highest BCUT2D eigenvalue weighted by Gasteiger charge is 2.28. The summed E-state index contributed by atoms with van der Waals surface area (Å²) in [5.41, 5.74) is 3.99. The van der Waals surface area contributed by atoms with Crippen molar-refractivity contribution < 1.29 is 9.53 Å². The molecule has 2 heterocycles. The highest BCUT2D eigenvalue weighted by Crippen LogP contribution is 2.42. The van der Waals surface area contributed by atoms with Crippen molar-refractivity contribution in [1.82, 2.24) is 10.3 Å². The summed E-state index contributed by atoms with van der Waals surface area (Å²) < 4.78 is 6.00. The molecule has 5 rings (SSSR count). The van der Waals surface area contributed by atoms with E-state index in [-0.39, 0.29) is 11.9 Å². The van der Waals surface area contributed by atoms with Crippen molar-refractivity contribution in [2.75, 3.05) is 0 Å². The van der Waals surface area contributed by atoms with Crippen LogP contribution < -0.4 is 10.1 Å². The minimum atomic E-state index is -0.219. The quantitative estimate of drug-likeness (QED) is 0.559. The molecule has 4 aromatic rings. The minimum absolute atomic E-state index is 0.0174. The Bertz CT molecular complexity index is 1100. The van der Waals surface area contributed by atoms with E-state index in [2.05, 4.69) is 10.3 Å². The van der Waals surface area contributed by atoms with Crippen LogP contribution in [0.5, 0.6) is 11.5 Å². The van der Waals surface area contributed by atoms with Crippen LogP contribution in [-0.2, 0) is 11.2 Å². The maximum Gasteiger partial charge on any atom is 0.225 e. The van der Waals surface area contributed by atoms with Crippen molar-refractivity contribution in [2.24, 2.45) is 0 Å². The summed E-state index contributed by atoms with van der Waals surface area (Å²) in [6, 6.07) is 23.5. The first kappa shape index (κ1) is 15.7. The highest BCUT2D eigenvalue weighted by molar-refractivity contribution is 5.89. The van der Waals surface area contributed by atoms with Gasteiger partial charge >= 0.3 is 0 Å². The number of nitrogens with one attached hydrogen (secondary N) is 2. The van der Waals surface area contributed by atoms with Crippen LogP contribution in [0.2, 0.25) is 0 Å². The molecule has 3 aromatic carbocycles. The van der Waals surface area contributed by atoms with Crippen molar-refractivity contribution in [3.63, 3.8) is 0 Å². The van der Waals surface area contributed by atoms with Gasteiger partial charge in [-0.2, -0.15) is 0 Å². The standard InChI is InChI=1S/C23H18N2O2/c26-22(13-15-14-24-19-10-4-1-7-16(15)19)25-23-17-8-2-5-11-20(17)27-21-12-6-3-9-18(21)23/h1-12,14,23-24H,13H2,(H,25,26). The zero-order valence-electron chi connectivity index (χ0n) is 14.6. The SMILES string of the molecule is O=C(Cc1c[nH]c2ccccc12)NC1c2ccccc2Oc2ccccc21. The second-order valence-electron chi connectivity index (χ2n) is 6.71. The maximum atomic E-state index is 12.9. The van der Waals surface area contributed by atoms with Crippen LogP contribution in [0.1, 0.15) is 22.7 Å². The first-order valence-electron chi connectivity index (χ1n) is 8.99. The molecule has 0 fully saturated rings. The number of aromatic nitrogens is 1. The summed E-state index contributed by atoms with van der Waals surface area (Å²) in [4.78, 5) is 16.1. The van der Waals surface area contributed by atoms with E-state index in [9.17, 15) is 4.79 Å². The first-order valence-corrected chi connectivity index (χ1v) is 8.99. The van der Waals surface area contributed by atoms with Crippen LogP contribution in [-0.4, -0.2) is 10.9 Å². The topological polar surface area (TPSA) is 54.1 Å². The summed E-state index contributed by atoms with van der Waals surface area (Å²) in [5, 5.41) is 4.29. The normalized spacial score (nSPS) is 12.9. The fraction of sp³-hybridized carbons (Fsp3) is 0.0870. The van der Waals surface area contributed by atoms with Gasteiger partial charge in [0.05, 0.1) is 12.5 Å². The van der Waals surface area contributed by atoms with E-state index in [1.165, 1.54) is 0 Å². The molecule has 0 aliphatic carbocycles. The van der Waals surface area contributed by atoms with Crippen LogP contribution in [0.25, 0.3) is 10.9 Å². The molecule has 0 radical (unpaired) electrons. The van der Waals surface area contributed by atoms with E-state index in [1.54, 1.807) is 0 Å². The van der Waals surface area contributed by atoms with E-state index in [0.29, 0.717) is 6.42 Å². The summed E-state index contributed by atoms with van der Waals surface area (Å²) in [5.74, 6) is 1.55.